The van der Waals surface area contributed by atoms with Crippen LogP contribution in [0.3, 0.4) is 0 Å². The highest BCUT2D eigenvalue weighted by molar-refractivity contribution is 9.10. The fraction of sp³-hybridized carbons (Fsp3) is 0.312. The van der Waals surface area contributed by atoms with Crippen LogP contribution in [0.1, 0.15) is 20.8 Å². The Morgan fingerprint density at radius 2 is 2.00 bits per heavy atom. The average molecular weight is 370 g/mol. The van der Waals surface area contributed by atoms with E-state index in [4.69, 9.17) is 9.47 Å². The molecule has 0 amide bonds. The van der Waals surface area contributed by atoms with E-state index in [1.165, 1.54) is 23.9 Å². The standard InChI is InChI=1S/C16H17BrFNO3/c1-16(2,3)22-15(20)19-9-10(17)8-12(19)14-11(18)6-5-7-13(14)21-4/h5-9H,1-4H3. The molecule has 2 aromatic rings. The first-order valence-electron chi connectivity index (χ1n) is 6.67. The van der Waals surface area contributed by atoms with E-state index < -0.39 is 17.5 Å². The van der Waals surface area contributed by atoms with Crippen molar-refractivity contribution >= 4 is 22.0 Å². The van der Waals surface area contributed by atoms with Gasteiger partial charge in [0.25, 0.3) is 0 Å². The maximum absolute atomic E-state index is 14.3. The molecular weight excluding hydrogens is 353 g/mol. The lowest BCUT2D eigenvalue weighted by atomic mass is 10.1. The van der Waals surface area contributed by atoms with E-state index in [0.717, 1.165) is 0 Å². The minimum atomic E-state index is -0.648. The lowest BCUT2D eigenvalue weighted by Crippen LogP contribution is -2.27. The van der Waals surface area contributed by atoms with Gasteiger partial charge in [-0.15, -0.1) is 0 Å². The van der Waals surface area contributed by atoms with Crippen molar-refractivity contribution in [2.24, 2.45) is 0 Å². The fourth-order valence-electron chi connectivity index (χ4n) is 2.01. The maximum atomic E-state index is 14.3. The molecule has 0 radical (unpaired) electrons. The molecule has 0 N–H and O–H groups in total. The number of halogens is 2. The molecule has 6 heteroatoms. The second-order valence-corrected chi connectivity index (χ2v) is 6.63. The van der Waals surface area contributed by atoms with Crippen molar-refractivity contribution in [3.63, 3.8) is 0 Å². The molecule has 0 bridgehead atoms. The summed E-state index contributed by atoms with van der Waals surface area (Å²) < 4.78 is 26.7. The first-order valence-corrected chi connectivity index (χ1v) is 7.46. The van der Waals surface area contributed by atoms with Gasteiger partial charge >= 0.3 is 6.09 Å². The Morgan fingerprint density at radius 3 is 2.59 bits per heavy atom. The Kier molecular flexibility index (Phi) is 4.60. The fourth-order valence-corrected chi connectivity index (χ4v) is 2.43. The second kappa shape index (κ2) is 6.12. The smallest absolute Gasteiger partial charge is 0.419 e. The van der Waals surface area contributed by atoms with Gasteiger partial charge in [-0.05, 0) is 54.9 Å². The van der Waals surface area contributed by atoms with E-state index >= 15 is 0 Å². The number of nitrogens with zero attached hydrogens (tertiary/aromatic N) is 1. The number of methoxy groups -OCH3 is 1. The van der Waals surface area contributed by atoms with E-state index in [0.29, 0.717) is 15.9 Å². The largest absolute Gasteiger partial charge is 0.496 e. The molecule has 1 aromatic carbocycles. The molecule has 0 unspecified atom stereocenters. The number of hydrogen-bond acceptors (Lipinski definition) is 3. The highest BCUT2D eigenvalue weighted by Crippen LogP contribution is 2.35. The van der Waals surface area contributed by atoms with Crippen molar-refractivity contribution < 1.29 is 18.7 Å². The summed E-state index contributed by atoms with van der Waals surface area (Å²) in [5.74, 6) is -0.134. The molecular formula is C16H17BrFNO3. The van der Waals surface area contributed by atoms with Crippen molar-refractivity contribution in [1.29, 1.82) is 0 Å². The molecule has 4 nitrogen and oxygen atoms in total. The summed E-state index contributed by atoms with van der Waals surface area (Å²) >= 11 is 3.31. The van der Waals surface area contributed by atoms with Crippen molar-refractivity contribution in [3.05, 3.63) is 40.8 Å². The van der Waals surface area contributed by atoms with Crippen LogP contribution in [0, 0.1) is 5.82 Å². The highest BCUT2D eigenvalue weighted by atomic mass is 79.9. The minimum absolute atomic E-state index is 0.210. The van der Waals surface area contributed by atoms with Gasteiger partial charge < -0.3 is 9.47 Å². The first-order chi connectivity index (χ1) is 10.2. The van der Waals surface area contributed by atoms with E-state index in [2.05, 4.69) is 15.9 Å². The Morgan fingerprint density at radius 1 is 1.32 bits per heavy atom. The van der Waals surface area contributed by atoms with Crippen LogP contribution in [0.15, 0.2) is 34.9 Å². The van der Waals surface area contributed by atoms with E-state index in [1.54, 1.807) is 39.0 Å². The molecule has 118 valence electrons. The number of benzene rings is 1. The van der Waals surface area contributed by atoms with Crippen molar-refractivity contribution in [2.75, 3.05) is 7.11 Å². The SMILES string of the molecule is COc1cccc(F)c1-c1cc(Br)cn1C(=O)OC(C)(C)C. The zero-order chi connectivity index (χ0) is 16.5. The predicted octanol–water partition coefficient (Wildman–Crippen LogP) is 4.85. The third-order valence-corrected chi connectivity index (χ3v) is 3.26. The highest BCUT2D eigenvalue weighted by Gasteiger charge is 2.23. The molecule has 0 aliphatic carbocycles. The Labute approximate surface area is 137 Å². The monoisotopic (exact) mass is 369 g/mol. The Balaban J connectivity index is 2.57. The van der Waals surface area contributed by atoms with Gasteiger partial charge in [0.1, 0.15) is 17.2 Å². The zero-order valence-corrected chi connectivity index (χ0v) is 14.4. The summed E-state index contributed by atoms with van der Waals surface area (Å²) in [4.78, 5) is 12.3. The number of rotatable bonds is 2. The van der Waals surface area contributed by atoms with Crippen LogP contribution < -0.4 is 4.74 Å². The zero-order valence-electron chi connectivity index (χ0n) is 12.8. The molecule has 0 aliphatic heterocycles. The van der Waals surface area contributed by atoms with E-state index in [9.17, 15) is 9.18 Å². The van der Waals surface area contributed by atoms with Crippen LogP contribution in [-0.2, 0) is 4.74 Å². The van der Waals surface area contributed by atoms with Gasteiger partial charge in [0.15, 0.2) is 0 Å². The summed E-state index contributed by atoms with van der Waals surface area (Å²) in [6.45, 7) is 5.31. The summed E-state index contributed by atoms with van der Waals surface area (Å²) in [6.07, 6.45) is 0.952. The van der Waals surface area contributed by atoms with Crippen molar-refractivity contribution in [1.82, 2.24) is 4.57 Å². The van der Waals surface area contributed by atoms with Gasteiger partial charge in [-0.1, -0.05) is 6.07 Å². The third kappa shape index (κ3) is 3.50. The summed E-state index contributed by atoms with van der Waals surface area (Å²) in [5.41, 5.74) is -0.0811. The van der Waals surface area contributed by atoms with Gasteiger partial charge in [-0.2, -0.15) is 0 Å². The molecule has 0 spiro atoms. The van der Waals surface area contributed by atoms with Crippen molar-refractivity contribution in [3.8, 4) is 17.0 Å². The molecule has 1 heterocycles. The molecule has 0 fully saturated rings. The van der Waals surface area contributed by atoms with E-state index in [1.807, 2.05) is 0 Å². The molecule has 22 heavy (non-hydrogen) atoms. The van der Waals surface area contributed by atoms with Gasteiger partial charge in [0, 0.05) is 10.7 Å². The predicted molar refractivity (Wildman–Crippen MR) is 85.7 cm³/mol. The number of hydrogen-bond donors (Lipinski definition) is 0. The maximum Gasteiger partial charge on any atom is 0.419 e. The minimum Gasteiger partial charge on any atom is -0.496 e. The molecule has 0 atom stereocenters. The normalized spacial score (nSPS) is 11.4. The Hall–Kier alpha value is -1.82. The van der Waals surface area contributed by atoms with Crippen LogP contribution in [0.2, 0.25) is 0 Å². The molecule has 1 aromatic heterocycles. The molecule has 0 saturated carbocycles. The van der Waals surface area contributed by atoms with Gasteiger partial charge in [-0.3, -0.25) is 4.57 Å². The average Bonchev–Trinajstić information content (AvgIpc) is 2.78. The summed E-state index contributed by atoms with van der Waals surface area (Å²) in [7, 11) is 1.45. The number of carbonyl (C=O) groups is 1. The number of carbonyl (C=O) groups excluding carboxylic acids is 1. The lowest BCUT2D eigenvalue weighted by molar-refractivity contribution is 0.0540. The quantitative estimate of drug-likeness (QED) is 0.759. The topological polar surface area (TPSA) is 40.5 Å². The summed E-state index contributed by atoms with van der Waals surface area (Å²) in [6, 6.07) is 6.15. The number of ether oxygens (including phenoxy) is 2. The van der Waals surface area contributed by atoms with Crippen LogP contribution in [0.25, 0.3) is 11.3 Å². The third-order valence-electron chi connectivity index (χ3n) is 2.83. The lowest BCUT2D eigenvalue weighted by Gasteiger charge is -2.20. The van der Waals surface area contributed by atoms with Gasteiger partial charge in [0.2, 0.25) is 0 Å². The van der Waals surface area contributed by atoms with Crippen LogP contribution >= 0.6 is 15.9 Å². The number of aromatic nitrogens is 1. The summed E-state index contributed by atoms with van der Waals surface area (Å²) in [5, 5.41) is 0. The second-order valence-electron chi connectivity index (χ2n) is 5.71. The van der Waals surface area contributed by atoms with Crippen LogP contribution in [-0.4, -0.2) is 23.4 Å². The molecule has 0 saturated heterocycles. The van der Waals surface area contributed by atoms with Crippen LogP contribution in [0.5, 0.6) is 5.75 Å². The van der Waals surface area contributed by atoms with Crippen LogP contribution in [0.4, 0.5) is 9.18 Å². The molecule has 2 rings (SSSR count). The first kappa shape index (κ1) is 16.5. The van der Waals surface area contributed by atoms with Gasteiger partial charge in [0.05, 0.1) is 18.4 Å². The Bertz CT molecular complexity index is 704. The molecule has 0 aliphatic rings. The van der Waals surface area contributed by atoms with E-state index in [-0.39, 0.29) is 5.56 Å². The van der Waals surface area contributed by atoms with Gasteiger partial charge in [-0.25, -0.2) is 9.18 Å². The van der Waals surface area contributed by atoms with Crippen molar-refractivity contribution in [2.45, 2.75) is 26.4 Å².